The van der Waals surface area contributed by atoms with E-state index >= 15 is 0 Å². The normalized spacial score (nSPS) is 18.5. The van der Waals surface area contributed by atoms with Gasteiger partial charge >= 0.3 is 12.1 Å². The minimum absolute atomic E-state index is 0.0825. The second kappa shape index (κ2) is 11.8. The van der Waals surface area contributed by atoms with Gasteiger partial charge < -0.3 is 15.0 Å². The number of carboxylic acid groups (broad SMARTS) is 1. The van der Waals surface area contributed by atoms with Crippen molar-refractivity contribution in [1.29, 1.82) is 0 Å². The van der Waals surface area contributed by atoms with Gasteiger partial charge in [0, 0.05) is 28.9 Å². The number of nitrogens with one attached hydrogen (secondary N) is 1. The number of halogens is 3. The molecule has 1 amide bonds. The quantitative estimate of drug-likeness (QED) is 0.232. The minimum atomic E-state index is -4.32. The molecule has 3 unspecified atom stereocenters. The van der Waals surface area contributed by atoms with E-state index in [0.29, 0.717) is 49.0 Å². The summed E-state index contributed by atoms with van der Waals surface area (Å²) in [5.41, 5.74) is 2.19. The van der Waals surface area contributed by atoms with Crippen LogP contribution in [0.1, 0.15) is 64.8 Å². The van der Waals surface area contributed by atoms with Gasteiger partial charge in [0.2, 0.25) is 0 Å². The molecule has 0 saturated heterocycles. The molecular formula is C30H30F3N3O3S. The van der Waals surface area contributed by atoms with Crippen molar-refractivity contribution in [3.63, 3.8) is 0 Å². The van der Waals surface area contributed by atoms with E-state index in [1.165, 1.54) is 11.3 Å². The number of hydrogen-bond donors (Lipinski definition) is 2. The number of fused-ring (bicyclic) bond motifs is 1. The van der Waals surface area contributed by atoms with E-state index in [9.17, 15) is 27.9 Å². The van der Waals surface area contributed by atoms with Gasteiger partial charge in [-0.05, 0) is 54.5 Å². The lowest BCUT2D eigenvalue weighted by atomic mass is 9.83. The Kier molecular flexibility index (Phi) is 8.25. The molecule has 2 heterocycles. The van der Waals surface area contributed by atoms with Gasteiger partial charge in [-0.25, -0.2) is 4.98 Å². The van der Waals surface area contributed by atoms with Gasteiger partial charge in [0.15, 0.2) is 0 Å². The maximum Gasteiger partial charge on any atom is 0.393 e. The van der Waals surface area contributed by atoms with Crippen LogP contribution in [0, 0.1) is 5.92 Å². The highest BCUT2D eigenvalue weighted by atomic mass is 32.1. The molecule has 4 aromatic rings. The predicted octanol–water partition coefficient (Wildman–Crippen LogP) is 6.80. The number of rotatable bonds is 9. The number of nitrogens with zero attached hydrogens (tertiary/aromatic N) is 2. The second-order valence-electron chi connectivity index (χ2n) is 10.3. The Morgan fingerprint density at radius 2 is 1.85 bits per heavy atom. The highest BCUT2D eigenvalue weighted by Gasteiger charge is 2.47. The summed E-state index contributed by atoms with van der Waals surface area (Å²) in [6.45, 7) is 0. The fourth-order valence-electron chi connectivity index (χ4n) is 5.71. The first-order valence-electron chi connectivity index (χ1n) is 13.4. The van der Waals surface area contributed by atoms with Crippen molar-refractivity contribution in [2.75, 3.05) is 0 Å². The molecule has 1 aliphatic rings. The average Bonchev–Trinajstić information content (AvgIpc) is 3.55. The second-order valence-corrected chi connectivity index (χ2v) is 11.3. The molecule has 6 nitrogen and oxygen atoms in total. The number of imidazole rings is 1. The van der Waals surface area contributed by atoms with Crippen LogP contribution in [0.5, 0.6) is 0 Å². The SMILES string of the molecule is O=C(O)CC(Cc1ccccc1)NC(=O)c1ccc2c(c1)nc(Cc1cccs1)n2C1CCCCC1C(F)(F)F. The fraction of sp³-hybridized carbons (Fsp3) is 0.367. The summed E-state index contributed by atoms with van der Waals surface area (Å²) in [4.78, 5) is 30.4. The molecule has 2 aromatic heterocycles. The Morgan fingerprint density at radius 3 is 2.55 bits per heavy atom. The van der Waals surface area contributed by atoms with Gasteiger partial charge in [-0.15, -0.1) is 11.3 Å². The molecule has 5 rings (SSSR count). The zero-order valence-corrected chi connectivity index (χ0v) is 22.5. The number of carbonyl (C=O) groups is 2. The van der Waals surface area contributed by atoms with Crippen molar-refractivity contribution < 1.29 is 27.9 Å². The van der Waals surface area contributed by atoms with Gasteiger partial charge in [-0.3, -0.25) is 9.59 Å². The number of aliphatic carboxylic acids is 1. The number of thiophene rings is 1. The first-order valence-corrected chi connectivity index (χ1v) is 14.2. The van der Waals surface area contributed by atoms with Crippen LogP contribution < -0.4 is 5.32 Å². The van der Waals surface area contributed by atoms with Crippen LogP contribution in [-0.2, 0) is 17.6 Å². The van der Waals surface area contributed by atoms with Gasteiger partial charge in [-0.2, -0.15) is 13.2 Å². The molecular weight excluding hydrogens is 539 g/mol. The van der Waals surface area contributed by atoms with Gasteiger partial charge in [0.25, 0.3) is 5.91 Å². The Hall–Kier alpha value is -3.66. The number of benzene rings is 2. The summed E-state index contributed by atoms with van der Waals surface area (Å²) < 4.78 is 44.1. The molecule has 10 heteroatoms. The first-order chi connectivity index (χ1) is 19.2. The Balaban J connectivity index is 1.48. The number of hydrogen-bond acceptors (Lipinski definition) is 4. The van der Waals surface area contributed by atoms with E-state index in [2.05, 4.69) is 5.32 Å². The number of amides is 1. The van der Waals surface area contributed by atoms with Crippen molar-refractivity contribution in [3.05, 3.63) is 87.9 Å². The van der Waals surface area contributed by atoms with E-state index in [4.69, 9.17) is 4.98 Å². The molecule has 0 bridgehead atoms. The summed E-state index contributed by atoms with van der Waals surface area (Å²) >= 11 is 1.52. The molecule has 1 fully saturated rings. The summed E-state index contributed by atoms with van der Waals surface area (Å²) in [6.07, 6.45) is -2.08. The summed E-state index contributed by atoms with van der Waals surface area (Å²) in [6, 6.07) is 16.6. The van der Waals surface area contributed by atoms with Crippen LogP contribution in [0.25, 0.3) is 11.0 Å². The van der Waals surface area contributed by atoms with Crippen molar-refractivity contribution in [2.45, 2.75) is 63.2 Å². The molecule has 2 N–H and O–H groups in total. The Labute approximate surface area is 233 Å². The number of alkyl halides is 3. The highest BCUT2D eigenvalue weighted by Crippen LogP contribution is 2.45. The first kappa shape index (κ1) is 27.9. The van der Waals surface area contributed by atoms with Crippen LogP contribution >= 0.6 is 11.3 Å². The van der Waals surface area contributed by atoms with E-state index < -0.39 is 36.1 Å². The number of carboxylic acids is 1. The van der Waals surface area contributed by atoms with Gasteiger partial charge in [0.05, 0.1) is 23.4 Å². The highest BCUT2D eigenvalue weighted by molar-refractivity contribution is 7.09. The van der Waals surface area contributed by atoms with Gasteiger partial charge in [-0.1, -0.05) is 49.2 Å². The molecule has 40 heavy (non-hydrogen) atoms. The average molecular weight is 570 g/mol. The number of aromatic nitrogens is 2. The fourth-order valence-corrected chi connectivity index (χ4v) is 6.41. The van der Waals surface area contributed by atoms with E-state index in [0.717, 1.165) is 10.4 Å². The third kappa shape index (κ3) is 6.38. The molecule has 3 atom stereocenters. The molecule has 1 saturated carbocycles. The van der Waals surface area contributed by atoms with Crippen LogP contribution in [0.3, 0.4) is 0 Å². The lowest BCUT2D eigenvalue weighted by Crippen LogP contribution is -2.38. The van der Waals surface area contributed by atoms with E-state index in [-0.39, 0.29) is 18.4 Å². The maximum absolute atomic E-state index is 14.1. The largest absolute Gasteiger partial charge is 0.481 e. The third-order valence-corrected chi connectivity index (χ3v) is 8.38. The molecule has 0 spiro atoms. The molecule has 1 aliphatic carbocycles. The Bertz CT molecular complexity index is 1470. The zero-order chi connectivity index (χ0) is 28.3. The summed E-state index contributed by atoms with van der Waals surface area (Å²) in [7, 11) is 0. The zero-order valence-electron chi connectivity index (χ0n) is 21.7. The summed E-state index contributed by atoms with van der Waals surface area (Å²) in [5, 5.41) is 14.1. The van der Waals surface area contributed by atoms with Crippen molar-refractivity contribution in [2.24, 2.45) is 5.92 Å². The van der Waals surface area contributed by atoms with E-state index in [1.54, 1.807) is 22.8 Å². The van der Waals surface area contributed by atoms with Crippen molar-refractivity contribution in [3.8, 4) is 0 Å². The lowest BCUT2D eigenvalue weighted by Gasteiger charge is -2.35. The van der Waals surface area contributed by atoms with Crippen molar-refractivity contribution >= 4 is 34.2 Å². The molecule has 2 aromatic carbocycles. The number of carbonyl (C=O) groups excluding carboxylic acids is 1. The summed E-state index contributed by atoms with van der Waals surface area (Å²) in [5.74, 6) is -2.40. The van der Waals surface area contributed by atoms with E-state index in [1.807, 2.05) is 47.8 Å². The molecule has 210 valence electrons. The molecule has 0 radical (unpaired) electrons. The van der Waals surface area contributed by atoms with Crippen LogP contribution in [-0.4, -0.2) is 38.8 Å². The standard InChI is InChI=1S/C30H30F3N3O3S/c31-30(32,33)23-10-4-5-11-25(23)36-26-13-12-20(16-24(26)35-27(36)18-22-9-6-14-40-22)29(39)34-21(17-28(37)38)15-19-7-2-1-3-8-19/h1-3,6-9,12-14,16,21,23,25H,4-5,10-11,15,17-18H2,(H,34,39)(H,37,38). The topological polar surface area (TPSA) is 84.2 Å². The van der Waals surface area contributed by atoms with Gasteiger partial charge in [0.1, 0.15) is 5.82 Å². The van der Waals surface area contributed by atoms with Crippen LogP contribution in [0.4, 0.5) is 13.2 Å². The van der Waals surface area contributed by atoms with Crippen molar-refractivity contribution in [1.82, 2.24) is 14.9 Å². The Morgan fingerprint density at radius 1 is 1.07 bits per heavy atom. The molecule has 0 aliphatic heterocycles. The smallest absolute Gasteiger partial charge is 0.393 e. The predicted molar refractivity (Wildman–Crippen MR) is 148 cm³/mol. The van der Waals surface area contributed by atoms with Crippen LogP contribution in [0.2, 0.25) is 0 Å². The van der Waals surface area contributed by atoms with Crippen LogP contribution in [0.15, 0.2) is 66.0 Å². The maximum atomic E-state index is 14.1. The monoisotopic (exact) mass is 569 g/mol. The third-order valence-electron chi connectivity index (χ3n) is 7.50. The lowest BCUT2D eigenvalue weighted by molar-refractivity contribution is -0.193. The minimum Gasteiger partial charge on any atom is -0.481 e.